The Balaban J connectivity index is 2.34. The molecule has 4 N–H and O–H groups in total. The molecule has 1 aliphatic carbocycles. The minimum Gasteiger partial charge on any atom is -0.396 e. The Morgan fingerprint density at radius 1 is 0.900 bits per heavy atom. The normalized spacial score (nSPS) is 46.8. The highest BCUT2D eigenvalue weighted by Gasteiger charge is 2.47. The van der Waals surface area contributed by atoms with Crippen molar-refractivity contribution in [3.05, 3.63) is 0 Å². The minimum absolute atomic E-state index is 0.0640. The van der Waals surface area contributed by atoms with Gasteiger partial charge in [0.15, 0.2) is 0 Å². The molecule has 4 heteroatoms. The fourth-order valence-electron chi connectivity index (χ4n) is 1.26. The monoisotopic (exact) mass is 148 g/mol. The molecule has 1 saturated carbocycles. The molecule has 0 aromatic rings. The molecule has 4 nitrogen and oxygen atoms in total. The predicted octanol–water partition coefficient (Wildman–Crippen LogP) is -1.92. The fourth-order valence-corrected chi connectivity index (χ4v) is 1.26. The molecule has 1 aliphatic rings. The van der Waals surface area contributed by atoms with E-state index in [9.17, 15) is 0 Å². The van der Waals surface area contributed by atoms with Crippen molar-refractivity contribution in [3.8, 4) is 0 Å². The summed E-state index contributed by atoms with van der Waals surface area (Å²) >= 11 is 0. The first-order chi connectivity index (χ1) is 4.68. The van der Waals surface area contributed by atoms with E-state index in [-0.39, 0.29) is 12.5 Å². The molecule has 0 amide bonds. The van der Waals surface area contributed by atoms with Gasteiger partial charge in [0.2, 0.25) is 0 Å². The van der Waals surface area contributed by atoms with Crippen molar-refractivity contribution in [2.45, 2.75) is 24.7 Å². The Bertz CT molecular complexity index is 106. The van der Waals surface area contributed by atoms with Gasteiger partial charge in [-0.25, -0.2) is 0 Å². The van der Waals surface area contributed by atoms with Crippen LogP contribution >= 0.6 is 0 Å². The van der Waals surface area contributed by atoms with Crippen molar-refractivity contribution in [2.75, 3.05) is 6.61 Å². The summed E-state index contributed by atoms with van der Waals surface area (Å²) in [5.41, 5.74) is 0. The lowest BCUT2D eigenvalue weighted by Crippen LogP contribution is -2.59. The van der Waals surface area contributed by atoms with Gasteiger partial charge in [-0.05, 0) is 6.42 Å². The summed E-state index contributed by atoms with van der Waals surface area (Å²) in [4.78, 5) is 0. The van der Waals surface area contributed by atoms with E-state index in [1.54, 1.807) is 0 Å². The first kappa shape index (κ1) is 7.94. The molecule has 0 bridgehead atoms. The standard InChI is InChI=1S/C6H12O4/c7-2-1-3-4(8)6(10)5(3)9/h3-10H,1-2H2/t3?,4-,5+,6?. The minimum atomic E-state index is -1.02. The van der Waals surface area contributed by atoms with Gasteiger partial charge >= 0.3 is 0 Å². The van der Waals surface area contributed by atoms with Crippen molar-refractivity contribution >= 4 is 0 Å². The Morgan fingerprint density at radius 2 is 1.40 bits per heavy atom. The van der Waals surface area contributed by atoms with Crippen molar-refractivity contribution < 1.29 is 20.4 Å². The second kappa shape index (κ2) is 2.84. The first-order valence-corrected chi connectivity index (χ1v) is 3.33. The van der Waals surface area contributed by atoms with Crippen molar-refractivity contribution in [1.29, 1.82) is 0 Å². The summed E-state index contributed by atoms with van der Waals surface area (Å²) in [5.74, 6) is -0.347. The van der Waals surface area contributed by atoms with Gasteiger partial charge in [-0.15, -0.1) is 0 Å². The predicted molar refractivity (Wildman–Crippen MR) is 33.2 cm³/mol. The highest BCUT2D eigenvalue weighted by Crippen LogP contribution is 2.30. The molecule has 0 aromatic carbocycles. The second-order valence-electron chi connectivity index (χ2n) is 2.65. The number of aliphatic hydroxyl groups excluding tert-OH is 4. The maximum absolute atomic E-state index is 8.96. The summed E-state index contributed by atoms with van der Waals surface area (Å²) in [6.45, 7) is -0.0640. The van der Waals surface area contributed by atoms with E-state index in [1.807, 2.05) is 0 Å². The summed E-state index contributed by atoms with van der Waals surface area (Å²) in [5, 5.41) is 35.1. The van der Waals surface area contributed by atoms with Crippen molar-refractivity contribution in [1.82, 2.24) is 0 Å². The largest absolute Gasteiger partial charge is 0.396 e. The average Bonchev–Trinajstić information content (AvgIpc) is 1.98. The quantitative estimate of drug-likeness (QED) is 0.368. The van der Waals surface area contributed by atoms with E-state index < -0.39 is 18.3 Å². The van der Waals surface area contributed by atoms with E-state index in [2.05, 4.69) is 0 Å². The van der Waals surface area contributed by atoms with E-state index in [4.69, 9.17) is 20.4 Å². The molecule has 2 unspecified atom stereocenters. The highest BCUT2D eigenvalue weighted by molar-refractivity contribution is 4.97. The van der Waals surface area contributed by atoms with E-state index in [0.29, 0.717) is 6.42 Å². The molecule has 10 heavy (non-hydrogen) atoms. The molecular formula is C6H12O4. The number of hydrogen-bond acceptors (Lipinski definition) is 4. The van der Waals surface area contributed by atoms with Crippen LogP contribution in [0, 0.1) is 5.92 Å². The Kier molecular flexibility index (Phi) is 2.25. The molecule has 1 fully saturated rings. The summed E-state index contributed by atoms with van der Waals surface area (Å²) in [6, 6.07) is 0. The van der Waals surface area contributed by atoms with Crippen LogP contribution in [0.15, 0.2) is 0 Å². The van der Waals surface area contributed by atoms with Crippen LogP contribution in [0.2, 0.25) is 0 Å². The molecule has 1 rings (SSSR count). The Morgan fingerprint density at radius 3 is 1.80 bits per heavy atom. The highest BCUT2D eigenvalue weighted by atomic mass is 16.4. The van der Waals surface area contributed by atoms with Crippen LogP contribution in [-0.2, 0) is 0 Å². The average molecular weight is 148 g/mol. The van der Waals surface area contributed by atoms with Crippen LogP contribution in [0.1, 0.15) is 6.42 Å². The molecule has 0 saturated heterocycles. The third-order valence-electron chi connectivity index (χ3n) is 2.04. The van der Waals surface area contributed by atoms with Crippen LogP contribution in [0.25, 0.3) is 0 Å². The third-order valence-corrected chi connectivity index (χ3v) is 2.04. The maximum atomic E-state index is 8.96. The van der Waals surface area contributed by atoms with E-state index in [0.717, 1.165) is 0 Å². The molecule has 0 radical (unpaired) electrons. The van der Waals surface area contributed by atoms with Crippen LogP contribution in [0.3, 0.4) is 0 Å². The Hall–Kier alpha value is -0.160. The molecule has 0 heterocycles. The zero-order chi connectivity index (χ0) is 7.72. The van der Waals surface area contributed by atoms with E-state index in [1.165, 1.54) is 0 Å². The van der Waals surface area contributed by atoms with Crippen LogP contribution in [0.5, 0.6) is 0 Å². The van der Waals surface area contributed by atoms with Gasteiger partial charge in [0.1, 0.15) is 6.10 Å². The van der Waals surface area contributed by atoms with Gasteiger partial charge in [-0.3, -0.25) is 0 Å². The lowest BCUT2D eigenvalue weighted by Gasteiger charge is -2.42. The van der Waals surface area contributed by atoms with Gasteiger partial charge in [0.25, 0.3) is 0 Å². The second-order valence-corrected chi connectivity index (χ2v) is 2.65. The van der Waals surface area contributed by atoms with Crippen LogP contribution in [-0.4, -0.2) is 45.3 Å². The molecule has 0 spiro atoms. The van der Waals surface area contributed by atoms with Crippen LogP contribution < -0.4 is 0 Å². The molecular weight excluding hydrogens is 136 g/mol. The lowest BCUT2D eigenvalue weighted by atomic mass is 9.74. The molecule has 4 atom stereocenters. The SMILES string of the molecule is OCCC1[C@H](O)C(O)[C@@H]1O. The first-order valence-electron chi connectivity index (χ1n) is 3.33. The molecule has 60 valence electrons. The molecule has 0 aromatic heterocycles. The van der Waals surface area contributed by atoms with Gasteiger partial charge in [-0.2, -0.15) is 0 Å². The third kappa shape index (κ3) is 1.03. The number of aliphatic hydroxyl groups is 4. The number of rotatable bonds is 2. The van der Waals surface area contributed by atoms with Crippen LogP contribution in [0.4, 0.5) is 0 Å². The topological polar surface area (TPSA) is 80.9 Å². The molecule has 0 aliphatic heterocycles. The van der Waals surface area contributed by atoms with Gasteiger partial charge < -0.3 is 20.4 Å². The van der Waals surface area contributed by atoms with Crippen molar-refractivity contribution in [2.24, 2.45) is 5.92 Å². The van der Waals surface area contributed by atoms with E-state index >= 15 is 0 Å². The fraction of sp³-hybridized carbons (Fsp3) is 1.00. The smallest absolute Gasteiger partial charge is 0.106 e. The summed E-state index contributed by atoms with van der Waals surface area (Å²) < 4.78 is 0. The maximum Gasteiger partial charge on any atom is 0.106 e. The zero-order valence-corrected chi connectivity index (χ0v) is 5.51. The lowest BCUT2D eigenvalue weighted by molar-refractivity contribution is -0.195. The summed E-state index contributed by atoms with van der Waals surface area (Å²) in [7, 11) is 0. The Labute approximate surface area is 58.7 Å². The van der Waals surface area contributed by atoms with Gasteiger partial charge in [0.05, 0.1) is 12.2 Å². The van der Waals surface area contributed by atoms with Gasteiger partial charge in [0, 0.05) is 12.5 Å². The summed E-state index contributed by atoms with van der Waals surface area (Å²) in [6.07, 6.45) is -2.39. The zero-order valence-electron chi connectivity index (χ0n) is 5.51. The van der Waals surface area contributed by atoms with Gasteiger partial charge in [-0.1, -0.05) is 0 Å². The number of hydrogen-bond donors (Lipinski definition) is 4. The van der Waals surface area contributed by atoms with Crippen molar-refractivity contribution in [3.63, 3.8) is 0 Å².